The summed E-state index contributed by atoms with van der Waals surface area (Å²) in [5.74, 6) is -1.64. The van der Waals surface area contributed by atoms with Gasteiger partial charge in [0.1, 0.15) is 5.82 Å². The minimum Gasteiger partial charge on any atom is -0.478 e. The molecule has 0 spiro atoms. The zero-order valence-corrected chi connectivity index (χ0v) is 11.8. The Labute approximate surface area is 117 Å². The average Bonchev–Trinajstić information content (AvgIpc) is 2.37. The van der Waals surface area contributed by atoms with Crippen molar-refractivity contribution in [1.82, 2.24) is 4.90 Å². The minimum absolute atomic E-state index is 0.0890. The van der Waals surface area contributed by atoms with Crippen LogP contribution in [0, 0.1) is 11.7 Å². The first-order chi connectivity index (χ1) is 9.35. The summed E-state index contributed by atoms with van der Waals surface area (Å²) in [5.41, 5.74) is -0.176. The summed E-state index contributed by atoms with van der Waals surface area (Å²) in [6, 6.07) is 2.85. The fraction of sp³-hybridized carbons (Fsp3) is 0.429. The summed E-state index contributed by atoms with van der Waals surface area (Å²) in [6.07, 6.45) is 0. The van der Waals surface area contributed by atoms with E-state index in [0.717, 1.165) is 12.1 Å². The van der Waals surface area contributed by atoms with Crippen LogP contribution in [0.1, 0.15) is 31.1 Å². The van der Waals surface area contributed by atoms with Crippen molar-refractivity contribution in [2.24, 2.45) is 5.92 Å². The molecule has 0 atom stereocenters. The molecule has 0 heterocycles. The smallest absolute Gasteiger partial charge is 0.337 e. The summed E-state index contributed by atoms with van der Waals surface area (Å²) in [6.45, 7) is 6.87. The highest BCUT2D eigenvalue weighted by Gasteiger charge is 2.17. The van der Waals surface area contributed by atoms with Crippen LogP contribution in [0.15, 0.2) is 18.2 Å². The number of anilines is 1. The lowest BCUT2D eigenvalue weighted by atomic mass is 10.1. The maximum atomic E-state index is 13.1. The van der Waals surface area contributed by atoms with Gasteiger partial charge in [-0.3, -0.25) is 0 Å². The number of carboxylic acid groups (broad SMARTS) is 1. The maximum absolute atomic E-state index is 13.1. The topological polar surface area (TPSA) is 69.6 Å². The van der Waals surface area contributed by atoms with Crippen molar-refractivity contribution < 1.29 is 19.1 Å². The zero-order chi connectivity index (χ0) is 15.3. The van der Waals surface area contributed by atoms with Gasteiger partial charge in [-0.15, -0.1) is 0 Å². The Hall–Kier alpha value is -2.11. The van der Waals surface area contributed by atoms with Gasteiger partial charge in [-0.05, 0) is 31.0 Å². The predicted molar refractivity (Wildman–Crippen MR) is 74.5 cm³/mol. The van der Waals surface area contributed by atoms with Gasteiger partial charge in [-0.1, -0.05) is 13.8 Å². The summed E-state index contributed by atoms with van der Waals surface area (Å²) in [7, 11) is 0. The molecule has 0 aliphatic carbocycles. The normalized spacial score (nSPS) is 10.4. The molecule has 0 bridgehead atoms. The fourth-order valence-corrected chi connectivity index (χ4v) is 1.79. The number of nitrogens with one attached hydrogen (secondary N) is 1. The first kappa shape index (κ1) is 15.9. The Morgan fingerprint density at radius 3 is 2.55 bits per heavy atom. The molecule has 1 rings (SSSR count). The van der Waals surface area contributed by atoms with Crippen LogP contribution in [-0.4, -0.2) is 35.1 Å². The molecule has 20 heavy (non-hydrogen) atoms. The average molecular weight is 282 g/mol. The zero-order valence-electron chi connectivity index (χ0n) is 11.8. The van der Waals surface area contributed by atoms with E-state index in [1.165, 1.54) is 6.07 Å². The van der Waals surface area contributed by atoms with Gasteiger partial charge in [-0.2, -0.15) is 0 Å². The quantitative estimate of drug-likeness (QED) is 0.872. The van der Waals surface area contributed by atoms with E-state index in [4.69, 9.17) is 5.11 Å². The van der Waals surface area contributed by atoms with Gasteiger partial charge in [0.15, 0.2) is 0 Å². The van der Waals surface area contributed by atoms with E-state index >= 15 is 0 Å². The van der Waals surface area contributed by atoms with Crippen molar-refractivity contribution in [1.29, 1.82) is 0 Å². The minimum atomic E-state index is -1.29. The molecule has 110 valence electrons. The second kappa shape index (κ2) is 6.88. The molecule has 0 saturated heterocycles. The molecule has 0 aliphatic rings. The monoisotopic (exact) mass is 282 g/mol. The summed E-state index contributed by atoms with van der Waals surface area (Å²) in [4.78, 5) is 24.7. The molecular weight excluding hydrogens is 263 g/mol. The molecule has 1 aromatic rings. The number of benzene rings is 1. The van der Waals surface area contributed by atoms with E-state index in [2.05, 4.69) is 5.32 Å². The number of hydrogen-bond acceptors (Lipinski definition) is 2. The Morgan fingerprint density at radius 2 is 2.05 bits per heavy atom. The lowest BCUT2D eigenvalue weighted by Crippen LogP contribution is -2.37. The van der Waals surface area contributed by atoms with Crippen molar-refractivity contribution >= 4 is 17.7 Å². The first-order valence-electron chi connectivity index (χ1n) is 6.43. The van der Waals surface area contributed by atoms with Gasteiger partial charge in [0.2, 0.25) is 0 Å². The molecule has 0 saturated carbocycles. The van der Waals surface area contributed by atoms with Crippen LogP contribution in [0.4, 0.5) is 14.9 Å². The van der Waals surface area contributed by atoms with Crippen molar-refractivity contribution in [3.63, 3.8) is 0 Å². The summed E-state index contributed by atoms with van der Waals surface area (Å²) >= 11 is 0. The second-order valence-electron chi connectivity index (χ2n) is 4.86. The Morgan fingerprint density at radius 1 is 1.40 bits per heavy atom. The van der Waals surface area contributed by atoms with E-state index in [-0.39, 0.29) is 11.3 Å². The van der Waals surface area contributed by atoms with Crippen LogP contribution in [0.5, 0.6) is 0 Å². The number of carbonyl (C=O) groups is 2. The molecule has 0 aromatic heterocycles. The van der Waals surface area contributed by atoms with E-state index in [1.807, 2.05) is 20.8 Å². The highest BCUT2D eigenvalue weighted by Crippen LogP contribution is 2.18. The molecule has 0 radical (unpaired) electrons. The highest BCUT2D eigenvalue weighted by atomic mass is 19.1. The third kappa shape index (κ3) is 4.22. The van der Waals surface area contributed by atoms with Crippen LogP contribution < -0.4 is 5.32 Å². The molecule has 0 fully saturated rings. The SMILES string of the molecule is CCN(CC(C)C)C(=O)Nc1ccc(F)cc1C(=O)O. The van der Waals surface area contributed by atoms with Gasteiger partial charge in [0, 0.05) is 13.1 Å². The molecule has 2 amide bonds. The molecule has 1 aromatic carbocycles. The van der Waals surface area contributed by atoms with Crippen molar-refractivity contribution in [3.05, 3.63) is 29.6 Å². The number of hydrogen-bond donors (Lipinski definition) is 2. The van der Waals surface area contributed by atoms with Gasteiger partial charge in [0.25, 0.3) is 0 Å². The standard InChI is InChI=1S/C14H19FN2O3/c1-4-17(8-9(2)3)14(20)16-12-6-5-10(15)7-11(12)13(18)19/h5-7,9H,4,8H2,1-3H3,(H,16,20)(H,18,19). The number of halogens is 1. The van der Waals surface area contributed by atoms with Crippen molar-refractivity contribution in [3.8, 4) is 0 Å². The number of amides is 2. The third-order valence-corrected chi connectivity index (χ3v) is 2.71. The molecule has 6 heteroatoms. The largest absolute Gasteiger partial charge is 0.478 e. The van der Waals surface area contributed by atoms with E-state index in [0.29, 0.717) is 19.0 Å². The summed E-state index contributed by atoms with van der Waals surface area (Å²) in [5, 5.41) is 11.5. The number of rotatable bonds is 5. The fourth-order valence-electron chi connectivity index (χ4n) is 1.79. The number of carboxylic acids is 1. The Bertz CT molecular complexity index is 503. The number of carbonyl (C=O) groups excluding carboxylic acids is 1. The van der Waals surface area contributed by atoms with Gasteiger partial charge < -0.3 is 15.3 Å². The molecule has 2 N–H and O–H groups in total. The Balaban J connectivity index is 2.92. The molecule has 0 aliphatic heterocycles. The van der Waals surface area contributed by atoms with Crippen molar-refractivity contribution in [2.45, 2.75) is 20.8 Å². The van der Waals surface area contributed by atoms with Crippen LogP contribution in [-0.2, 0) is 0 Å². The van der Waals surface area contributed by atoms with Crippen molar-refractivity contribution in [2.75, 3.05) is 18.4 Å². The Kier molecular flexibility index (Phi) is 5.49. The van der Waals surface area contributed by atoms with E-state index in [9.17, 15) is 14.0 Å². The van der Waals surface area contributed by atoms with Gasteiger partial charge >= 0.3 is 12.0 Å². The van der Waals surface area contributed by atoms with Crippen LogP contribution >= 0.6 is 0 Å². The third-order valence-electron chi connectivity index (χ3n) is 2.71. The number of aromatic carboxylic acids is 1. The molecular formula is C14H19FN2O3. The van der Waals surface area contributed by atoms with Crippen LogP contribution in [0.3, 0.4) is 0 Å². The lowest BCUT2D eigenvalue weighted by Gasteiger charge is -2.23. The predicted octanol–water partition coefficient (Wildman–Crippen LogP) is 3.03. The second-order valence-corrected chi connectivity index (χ2v) is 4.86. The highest BCUT2D eigenvalue weighted by molar-refractivity contribution is 6.00. The van der Waals surface area contributed by atoms with Gasteiger partial charge in [-0.25, -0.2) is 14.0 Å². The lowest BCUT2D eigenvalue weighted by molar-refractivity contribution is 0.0697. The van der Waals surface area contributed by atoms with E-state index in [1.54, 1.807) is 4.90 Å². The first-order valence-corrected chi connectivity index (χ1v) is 6.43. The molecule has 0 unspecified atom stereocenters. The van der Waals surface area contributed by atoms with Gasteiger partial charge in [0.05, 0.1) is 11.3 Å². The van der Waals surface area contributed by atoms with Crippen LogP contribution in [0.25, 0.3) is 0 Å². The number of urea groups is 1. The molecule has 5 nitrogen and oxygen atoms in total. The van der Waals surface area contributed by atoms with E-state index < -0.39 is 17.8 Å². The maximum Gasteiger partial charge on any atom is 0.337 e. The van der Waals surface area contributed by atoms with Crippen LogP contribution in [0.2, 0.25) is 0 Å². The number of nitrogens with zero attached hydrogens (tertiary/aromatic N) is 1. The summed E-state index contributed by atoms with van der Waals surface area (Å²) < 4.78 is 13.1.